The Bertz CT molecular complexity index is 421. The van der Waals surface area contributed by atoms with E-state index in [1.165, 1.54) is 0 Å². The molecular formula is C13H20N2O3. The van der Waals surface area contributed by atoms with E-state index in [2.05, 4.69) is 0 Å². The molecule has 1 aromatic rings. The van der Waals surface area contributed by atoms with Crippen molar-refractivity contribution in [2.75, 3.05) is 33.6 Å². The van der Waals surface area contributed by atoms with E-state index < -0.39 is 0 Å². The van der Waals surface area contributed by atoms with E-state index in [-0.39, 0.29) is 11.9 Å². The summed E-state index contributed by atoms with van der Waals surface area (Å²) in [6.45, 7) is 2.40. The van der Waals surface area contributed by atoms with Crippen molar-refractivity contribution >= 4 is 11.6 Å². The van der Waals surface area contributed by atoms with Gasteiger partial charge in [0, 0.05) is 25.9 Å². The highest BCUT2D eigenvalue weighted by Gasteiger charge is 2.19. The average Bonchev–Trinajstić information content (AvgIpc) is 2.37. The van der Waals surface area contributed by atoms with Crippen LogP contribution in [0.25, 0.3) is 0 Å². The molecule has 0 heterocycles. The van der Waals surface area contributed by atoms with E-state index in [1.54, 1.807) is 44.4 Å². The van der Waals surface area contributed by atoms with Crippen LogP contribution < -0.4 is 10.5 Å². The van der Waals surface area contributed by atoms with Gasteiger partial charge in [0.15, 0.2) is 0 Å². The number of rotatable bonds is 5. The molecular weight excluding hydrogens is 232 g/mol. The minimum absolute atomic E-state index is 0.0102. The highest BCUT2D eigenvalue weighted by molar-refractivity contribution is 5.99. The molecule has 0 aliphatic rings. The van der Waals surface area contributed by atoms with Gasteiger partial charge in [-0.15, -0.1) is 0 Å². The maximum absolute atomic E-state index is 12.2. The summed E-state index contributed by atoms with van der Waals surface area (Å²) in [7, 11) is 4.90. The maximum atomic E-state index is 12.2. The first-order valence-corrected chi connectivity index (χ1v) is 5.70. The number of likely N-dealkylation sites (N-methyl/N-ethyl adjacent to an activating group) is 1. The van der Waals surface area contributed by atoms with Gasteiger partial charge >= 0.3 is 0 Å². The van der Waals surface area contributed by atoms with Crippen molar-refractivity contribution in [1.29, 1.82) is 0 Å². The van der Waals surface area contributed by atoms with Gasteiger partial charge in [0.25, 0.3) is 5.91 Å². The van der Waals surface area contributed by atoms with Gasteiger partial charge in [-0.05, 0) is 19.1 Å². The van der Waals surface area contributed by atoms with Crippen molar-refractivity contribution in [3.63, 3.8) is 0 Å². The third-order valence-corrected chi connectivity index (χ3v) is 2.88. The lowest BCUT2D eigenvalue weighted by molar-refractivity contribution is 0.0634. The lowest BCUT2D eigenvalue weighted by atomic mass is 10.1. The third kappa shape index (κ3) is 3.13. The number of amides is 1. The summed E-state index contributed by atoms with van der Waals surface area (Å²) in [6, 6.07) is 5.02. The Morgan fingerprint density at radius 3 is 2.61 bits per heavy atom. The molecule has 0 radical (unpaired) electrons. The molecule has 18 heavy (non-hydrogen) atoms. The molecule has 0 saturated carbocycles. The molecule has 0 bridgehead atoms. The standard InChI is InChI=1S/C13H20N2O3/c1-9(8-17-3)15(2)13(16)11-6-5-10(18-4)7-12(11)14/h5-7,9H,8,14H2,1-4H3. The second kappa shape index (κ2) is 6.26. The van der Waals surface area contributed by atoms with Crippen LogP contribution in [0.4, 0.5) is 5.69 Å². The van der Waals surface area contributed by atoms with E-state index in [9.17, 15) is 4.79 Å². The van der Waals surface area contributed by atoms with Gasteiger partial charge in [-0.25, -0.2) is 0 Å². The molecule has 0 aromatic heterocycles. The van der Waals surface area contributed by atoms with Crippen LogP contribution in [-0.2, 0) is 4.74 Å². The normalized spacial score (nSPS) is 12.0. The average molecular weight is 252 g/mol. The van der Waals surface area contributed by atoms with Crippen molar-refractivity contribution < 1.29 is 14.3 Å². The zero-order valence-electron chi connectivity index (χ0n) is 11.3. The fraction of sp³-hybridized carbons (Fsp3) is 0.462. The van der Waals surface area contributed by atoms with Crippen LogP contribution in [0.2, 0.25) is 0 Å². The lowest BCUT2D eigenvalue weighted by Crippen LogP contribution is -2.38. The number of carbonyl (C=O) groups excluding carboxylic acids is 1. The molecule has 0 saturated heterocycles. The zero-order valence-corrected chi connectivity index (χ0v) is 11.3. The first-order chi connectivity index (χ1) is 8.51. The van der Waals surface area contributed by atoms with Gasteiger partial charge in [0.2, 0.25) is 0 Å². The van der Waals surface area contributed by atoms with Gasteiger partial charge in [-0.2, -0.15) is 0 Å². The number of nitrogen functional groups attached to an aromatic ring is 1. The van der Waals surface area contributed by atoms with E-state index in [0.29, 0.717) is 23.6 Å². The summed E-state index contributed by atoms with van der Waals surface area (Å²) in [5.74, 6) is 0.511. The SMILES string of the molecule is COCC(C)N(C)C(=O)c1ccc(OC)cc1N. The fourth-order valence-electron chi connectivity index (χ4n) is 1.61. The molecule has 1 amide bonds. The van der Waals surface area contributed by atoms with Crippen LogP contribution in [0.15, 0.2) is 18.2 Å². The molecule has 0 spiro atoms. The molecule has 1 aromatic carbocycles. The number of hydrogen-bond donors (Lipinski definition) is 1. The molecule has 0 aliphatic carbocycles. The number of carbonyl (C=O) groups is 1. The predicted molar refractivity (Wildman–Crippen MR) is 70.8 cm³/mol. The highest BCUT2D eigenvalue weighted by Crippen LogP contribution is 2.21. The number of benzene rings is 1. The summed E-state index contributed by atoms with van der Waals surface area (Å²) in [4.78, 5) is 13.8. The van der Waals surface area contributed by atoms with Crippen LogP contribution in [0.1, 0.15) is 17.3 Å². The first-order valence-electron chi connectivity index (χ1n) is 5.70. The Kier molecular flexibility index (Phi) is 4.97. The topological polar surface area (TPSA) is 64.8 Å². The fourth-order valence-corrected chi connectivity index (χ4v) is 1.61. The minimum Gasteiger partial charge on any atom is -0.497 e. The zero-order chi connectivity index (χ0) is 13.7. The minimum atomic E-state index is -0.125. The molecule has 0 aliphatic heterocycles. The van der Waals surface area contributed by atoms with Gasteiger partial charge in [-0.1, -0.05) is 0 Å². The van der Waals surface area contributed by atoms with Crippen molar-refractivity contribution in [3.8, 4) is 5.75 Å². The van der Waals surface area contributed by atoms with E-state index in [1.807, 2.05) is 6.92 Å². The van der Waals surface area contributed by atoms with Crippen LogP contribution in [0, 0.1) is 0 Å². The molecule has 1 rings (SSSR count). The number of nitrogens with zero attached hydrogens (tertiary/aromatic N) is 1. The van der Waals surface area contributed by atoms with Gasteiger partial charge < -0.3 is 20.1 Å². The summed E-state index contributed by atoms with van der Waals surface area (Å²) >= 11 is 0. The van der Waals surface area contributed by atoms with E-state index in [0.717, 1.165) is 0 Å². The van der Waals surface area contributed by atoms with E-state index >= 15 is 0 Å². The Hall–Kier alpha value is -1.75. The largest absolute Gasteiger partial charge is 0.497 e. The van der Waals surface area contributed by atoms with Crippen LogP contribution in [0.5, 0.6) is 5.75 Å². The van der Waals surface area contributed by atoms with Crippen LogP contribution >= 0.6 is 0 Å². The molecule has 2 N–H and O–H groups in total. The highest BCUT2D eigenvalue weighted by atomic mass is 16.5. The van der Waals surface area contributed by atoms with Gasteiger partial charge in [-0.3, -0.25) is 4.79 Å². The maximum Gasteiger partial charge on any atom is 0.256 e. The summed E-state index contributed by atoms with van der Waals surface area (Å²) in [5, 5.41) is 0. The van der Waals surface area contributed by atoms with Crippen molar-refractivity contribution in [3.05, 3.63) is 23.8 Å². The quantitative estimate of drug-likeness (QED) is 0.804. The molecule has 1 unspecified atom stereocenters. The number of nitrogens with two attached hydrogens (primary N) is 1. The third-order valence-electron chi connectivity index (χ3n) is 2.88. The lowest BCUT2D eigenvalue weighted by Gasteiger charge is -2.25. The number of hydrogen-bond acceptors (Lipinski definition) is 4. The first kappa shape index (κ1) is 14.3. The van der Waals surface area contributed by atoms with Gasteiger partial charge in [0.05, 0.1) is 25.3 Å². The second-order valence-corrected chi connectivity index (χ2v) is 4.17. The Balaban J connectivity index is 2.90. The second-order valence-electron chi connectivity index (χ2n) is 4.17. The Morgan fingerprint density at radius 2 is 2.11 bits per heavy atom. The Labute approximate surface area is 107 Å². The molecule has 5 nitrogen and oxygen atoms in total. The van der Waals surface area contributed by atoms with Crippen molar-refractivity contribution in [2.45, 2.75) is 13.0 Å². The number of anilines is 1. The molecule has 1 atom stereocenters. The van der Waals surface area contributed by atoms with E-state index in [4.69, 9.17) is 15.2 Å². The summed E-state index contributed by atoms with van der Waals surface area (Å²) in [5.41, 5.74) is 6.74. The van der Waals surface area contributed by atoms with Crippen molar-refractivity contribution in [1.82, 2.24) is 4.90 Å². The van der Waals surface area contributed by atoms with Crippen LogP contribution in [0.3, 0.4) is 0 Å². The smallest absolute Gasteiger partial charge is 0.256 e. The monoisotopic (exact) mass is 252 g/mol. The molecule has 5 heteroatoms. The summed E-state index contributed by atoms with van der Waals surface area (Å²) < 4.78 is 10.1. The molecule has 0 fully saturated rings. The summed E-state index contributed by atoms with van der Waals surface area (Å²) in [6.07, 6.45) is 0. The number of ether oxygens (including phenoxy) is 2. The van der Waals surface area contributed by atoms with Crippen molar-refractivity contribution in [2.24, 2.45) is 0 Å². The predicted octanol–water partition coefficient (Wildman–Crippen LogP) is 1.38. The molecule has 100 valence electrons. The number of methoxy groups -OCH3 is 2. The van der Waals surface area contributed by atoms with Gasteiger partial charge in [0.1, 0.15) is 5.75 Å². The Morgan fingerprint density at radius 1 is 1.44 bits per heavy atom. The van der Waals surface area contributed by atoms with Crippen LogP contribution in [-0.4, -0.2) is 44.7 Å².